The van der Waals surface area contributed by atoms with Crippen LogP contribution in [0.3, 0.4) is 0 Å². The van der Waals surface area contributed by atoms with Crippen LogP contribution in [0.25, 0.3) is 0 Å². The molecule has 0 heterocycles. The van der Waals surface area contributed by atoms with Crippen LogP contribution in [0.15, 0.2) is 46.2 Å². The molecular weight excluding hydrogens is 265 g/mol. The third-order valence-electron chi connectivity index (χ3n) is 2.57. The van der Waals surface area contributed by atoms with Gasteiger partial charge in [-0.2, -0.15) is 0 Å². The smallest absolute Gasteiger partial charge is 0.143 e. The summed E-state index contributed by atoms with van der Waals surface area (Å²) >= 11 is 1.31. The van der Waals surface area contributed by atoms with Crippen molar-refractivity contribution in [3.63, 3.8) is 0 Å². The highest BCUT2D eigenvalue weighted by Crippen LogP contribution is 2.35. The number of halogens is 1. The quantitative estimate of drug-likeness (QED) is 0.869. The molecule has 0 aliphatic rings. The Labute approximate surface area is 115 Å². The Kier molecular flexibility index (Phi) is 4.16. The molecule has 2 N–H and O–H groups in total. The third-order valence-corrected chi connectivity index (χ3v) is 3.61. The van der Waals surface area contributed by atoms with Gasteiger partial charge in [-0.1, -0.05) is 11.8 Å². The van der Waals surface area contributed by atoms with Gasteiger partial charge < -0.3 is 15.2 Å². The first kappa shape index (κ1) is 13.5. The van der Waals surface area contributed by atoms with Gasteiger partial charge in [0, 0.05) is 11.0 Å². The molecule has 0 fully saturated rings. The second kappa shape index (κ2) is 5.84. The molecule has 0 radical (unpaired) electrons. The van der Waals surface area contributed by atoms with Crippen LogP contribution in [0.4, 0.5) is 10.1 Å². The molecule has 0 aliphatic carbocycles. The van der Waals surface area contributed by atoms with E-state index in [0.29, 0.717) is 16.3 Å². The van der Waals surface area contributed by atoms with Crippen molar-refractivity contribution in [2.75, 3.05) is 20.0 Å². The van der Waals surface area contributed by atoms with Crippen molar-refractivity contribution in [2.45, 2.75) is 9.79 Å². The van der Waals surface area contributed by atoms with E-state index in [4.69, 9.17) is 15.2 Å². The minimum Gasteiger partial charge on any atom is -0.497 e. The van der Waals surface area contributed by atoms with Crippen molar-refractivity contribution < 1.29 is 13.9 Å². The normalized spacial score (nSPS) is 10.3. The highest BCUT2D eigenvalue weighted by molar-refractivity contribution is 7.99. The molecule has 0 unspecified atom stereocenters. The second-order valence-corrected chi connectivity index (χ2v) is 4.92. The summed E-state index contributed by atoms with van der Waals surface area (Å²) in [5, 5.41) is 0. The lowest BCUT2D eigenvalue weighted by Gasteiger charge is -2.09. The Balaban J connectivity index is 2.26. The summed E-state index contributed by atoms with van der Waals surface area (Å²) in [5.74, 6) is 0.872. The molecule has 0 atom stereocenters. The van der Waals surface area contributed by atoms with Crippen LogP contribution in [0, 0.1) is 5.82 Å². The molecule has 0 aliphatic heterocycles. The fourth-order valence-corrected chi connectivity index (χ4v) is 2.42. The van der Waals surface area contributed by atoms with Gasteiger partial charge in [-0.05, 0) is 30.3 Å². The number of anilines is 1. The first-order chi connectivity index (χ1) is 9.13. The summed E-state index contributed by atoms with van der Waals surface area (Å²) < 4.78 is 24.0. The maximum Gasteiger partial charge on any atom is 0.143 e. The van der Waals surface area contributed by atoms with E-state index in [1.54, 1.807) is 13.2 Å². The molecule has 2 rings (SSSR count). The summed E-state index contributed by atoms with van der Waals surface area (Å²) in [6.45, 7) is 0. The number of nitrogen functional groups attached to an aromatic ring is 1. The minimum absolute atomic E-state index is 0.291. The predicted molar refractivity (Wildman–Crippen MR) is 74.5 cm³/mol. The van der Waals surface area contributed by atoms with Crippen molar-refractivity contribution in [3.8, 4) is 11.5 Å². The van der Waals surface area contributed by atoms with Crippen LogP contribution in [0.2, 0.25) is 0 Å². The number of hydrogen-bond donors (Lipinski definition) is 1. The first-order valence-corrected chi connectivity index (χ1v) is 6.40. The van der Waals surface area contributed by atoms with Gasteiger partial charge in [0.05, 0.1) is 24.8 Å². The van der Waals surface area contributed by atoms with Crippen molar-refractivity contribution >= 4 is 17.4 Å². The molecule has 2 aromatic carbocycles. The fraction of sp³-hybridized carbons (Fsp3) is 0.143. The Morgan fingerprint density at radius 3 is 2.32 bits per heavy atom. The van der Waals surface area contributed by atoms with Gasteiger partial charge >= 0.3 is 0 Å². The summed E-state index contributed by atoms with van der Waals surface area (Å²) in [6.07, 6.45) is 0. The molecule has 0 aromatic heterocycles. The summed E-state index contributed by atoms with van der Waals surface area (Å²) in [5.41, 5.74) is 5.93. The molecule has 0 saturated carbocycles. The van der Waals surface area contributed by atoms with Gasteiger partial charge in [-0.25, -0.2) is 4.39 Å². The molecule has 2 aromatic rings. The maximum atomic E-state index is 13.8. The average Bonchev–Trinajstić information content (AvgIpc) is 2.42. The fourth-order valence-electron chi connectivity index (χ4n) is 1.58. The number of methoxy groups -OCH3 is 2. The van der Waals surface area contributed by atoms with Crippen molar-refractivity contribution in [3.05, 3.63) is 42.2 Å². The molecule has 0 amide bonds. The SMILES string of the molecule is COc1ccc(Sc2cc(OC)c(N)cc2F)cc1. The number of ether oxygens (including phenoxy) is 2. The molecule has 0 bridgehead atoms. The van der Waals surface area contributed by atoms with E-state index in [2.05, 4.69) is 0 Å². The Bertz CT molecular complexity index is 572. The second-order valence-electron chi connectivity index (χ2n) is 3.80. The Morgan fingerprint density at radius 1 is 1.05 bits per heavy atom. The van der Waals surface area contributed by atoms with Crippen molar-refractivity contribution in [2.24, 2.45) is 0 Å². The van der Waals surface area contributed by atoms with Crippen molar-refractivity contribution in [1.29, 1.82) is 0 Å². The summed E-state index contributed by atoms with van der Waals surface area (Å²) in [6, 6.07) is 10.3. The number of benzene rings is 2. The Hall–Kier alpha value is -1.88. The minimum atomic E-state index is -0.362. The molecule has 0 saturated heterocycles. The van der Waals surface area contributed by atoms with Crippen LogP contribution in [0.5, 0.6) is 11.5 Å². The number of hydrogen-bond acceptors (Lipinski definition) is 4. The lowest BCUT2D eigenvalue weighted by Crippen LogP contribution is -1.94. The van der Waals surface area contributed by atoms with Gasteiger partial charge in [0.25, 0.3) is 0 Å². The van der Waals surface area contributed by atoms with E-state index in [1.807, 2.05) is 24.3 Å². The zero-order chi connectivity index (χ0) is 13.8. The monoisotopic (exact) mass is 279 g/mol. The molecule has 100 valence electrons. The van der Waals surface area contributed by atoms with Crippen LogP contribution < -0.4 is 15.2 Å². The number of nitrogens with two attached hydrogens (primary N) is 1. The maximum absolute atomic E-state index is 13.8. The van der Waals surface area contributed by atoms with Gasteiger partial charge in [-0.15, -0.1) is 0 Å². The molecule has 0 spiro atoms. The highest BCUT2D eigenvalue weighted by atomic mass is 32.2. The third kappa shape index (κ3) is 3.12. The highest BCUT2D eigenvalue weighted by Gasteiger charge is 2.10. The summed E-state index contributed by atoms with van der Waals surface area (Å²) in [4.78, 5) is 1.38. The van der Waals surface area contributed by atoms with E-state index in [1.165, 1.54) is 24.9 Å². The zero-order valence-electron chi connectivity index (χ0n) is 10.6. The van der Waals surface area contributed by atoms with Crippen LogP contribution in [-0.4, -0.2) is 14.2 Å². The standard InChI is InChI=1S/C14H14FNO2S/c1-17-9-3-5-10(6-4-9)19-14-8-13(18-2)12(16)7-11(14)15/h3-8H,16H2,1-2H3. The average molecular weight is 279 g/mol. The van der Waals surface area contributed by atoms with E-state index < -0.39 is 0 Å². The predicted octanol–water partition coefficient (Wildman–Crippen LogP) is 3.58. The molecule has 3 nitrogen and oxygen atoms in total. The van der Waals surface area contributed by atoms with Gasteiger partial charge in [0.2, 0.25) is 0 Å². The van der Waals surface area contributed by atoms with Gasteiger partial charge in [-0.3, -0.25) is 0 Å². The van der Waals surface area contributed by atoms with Gasteiger partial charge in [0.15, 0.2) is 0 Å². The number of rotatable bonds is 4. The first-order valence-electron chi connectivity index (χ1n) is 5.59. The molecule has 5 heteroatoms. The largest absolute Gasteiger partial charge is 0.497 e. The van der Waals surface area contributed by atoms with Crippen molar-refractivity contribution in [1.82, 2.24) is 0 Å². The van der Waals surface area contributed by atoms with E-state index >= 15 is 0 Å². The van der Waals surface area contributed by atoms with E-state index in [9.17, 15) is 4.39 Å². The Morgan fingerprint density at radius 2 is 1.74 bits per heavy atom. The van der Waals surface area contributed by atoms with E-state index in [0.717, 1.165) is 10.6 Å². The lowest BCUT2D eigenvalue weighted by atomic mass is 10.3. The molecular formula is C14H14FNO2S. The molecule has 19 heavy (non-hydrogen) atoms. The van der Waals surface area contributed by atoms with Crippen LogP contribution in [-0.2, 0) is 0 Å². The zero-order valence-corrected chi connectivity index (χ0v) is 11.5. The van der Waals surface area contributed by atoms with E-state index in [-0.39, 0.29) is 5.82 Å². The van der Waals surface area contributed by atoms with Crippen LogP contribution in [0.1, 0.15) is 0 Å². The lowest BCUT2D eigenvalue weighted by molar-refractivity contribution is 0.414. The topological polar surface area (TPSA) is 44.5 Å². The summed E-state index contributed by atoms with van der Waals surface area (Å²) in [7, 11) is 3.11. The van der Waals surface area contributed by atoms with Crippen LogP contribution >= 0.6 is 11.8 Å². The van der Waals surface area contributed by atoms with Gasteiger partial charge in [0.1, 0.15) is 17.3 Å².